The first-order valence-electron chi connectivity index (χ1n) is 11.0. The second-order valence-corrected chi connectivity index (χ2v) is 8.26. The van der Waals surface area contributed by atoms with Crippen molar-refractivity contribution in [2.24, 2.45) is 0 Å². The highest BCUT2D eigenvalue weighted by molar-refractivity contribution is 5.96. The molecule has 0 radical (unpaired) electrons. The third-order valence-corrected chi connectivity index (χ3v) is 6.24. The van der Waals surface area contributed by atoms with Crippen LogP contribution < -0.4 is 10.4 Å². The second kappa shape index (κ2) is 7.98. The van der Waals surface area contributed by atoms with E-state index >= 15 is 0 Å². The first kappa shape index (κ1) is 20.9. The highest BCUT2D eigenvalue weighted by Crippen LogP contribution is 2.45. The molecule has 0 aliphatic carbocycles. The summed E-state index contributed by atoms with van der Waals surface area (Å²) < 4.78 is 18.6. The predicted molar refractivity (Wildman–Crippen MR) is 127 cm³/mol. The number of methoxy groups -OCH3 is 1. The maximum atomic E-state index is 13.0. The first-order chi connectivity index (χ1) is 17.1. The Kier molecular flexibility index (Phi) is 4.77. The van der Waals surface area contributed by atoms with Crippen LogP contribution in [0.15, 0.2) is 70.1 Å². The number of hydrogen-bond donors (Lipinski definition) is 1. The van der Waals surface area contributed by atoms with Crippen molar-refractivity contribution in [1.29, 1.82) is 0 Å². The van der Waals surface area contributed by atoms with Gasteiger partial charge in [-0.1, -0.05) is 23.4 Å². The molecule has 9 heteroatoms. The number of carbonyl (C=O) groups excluding carboxylic acids is 1. The summed E-state index contributed by atoms with van der Waals surface area (Å²) in [6.07, 6.45) is 1.70. The number of aromatic amines is 1. The first-order valence-corrected chi connectivity index (χ1v) is 11.0. The molecule has 5 aromatic rings. The van der Waals surface area contributed by atoms with Crippen molar-refractivity contribution in [1.82, 2.24) is 19.7 Å². The molecule has 1 atom stereocenters. The zero-order chi connectivity index (χ0) is 24.1. The molecule has 0 saturated carbocycles. The molecule has 0 fully saturated rings. The Hall–Kier alpha value is -4.66. The lowest BCUT2D eigenvalue weighted by molar-refractivity contribution is 0.0601. The molecule has 174 valence electrons. The number of esters is 1. The highest BCUT2D eigenvalue weighted by Gasteiger charge is 2.31. The number of pyridine rings is 1. The van der Waals surface area contributed by atoms with E-state index in [1.54, 1.807) is 29.0 Å². The number of rotatable bonds is 4. The van der Waals surface area contributed by atoms with E-state index in [1.165, 1.54) is 7.11 Å². The summed E-state index contributed by atoms with van der Waals surface area (Å²) in [4.78, 5) is 32.4. The molecule has 1 N–H and O–H groups in total. The number of aromatic nitrogens is 4. The van der Waals surface area contributed by atoms with Gasteiger partial charge in [0, 0.05) is 17.3 Å². The van der Waals surface area contributed by atoms with Crippen LogP contribution in [0.2, 0.25) is 0 Å². The smallest absolute Gasteiger partial charge is 0.337 e. The maximum absolute atomic E-state index is 13.0. The summed E-state index contributed by atoms with van der Waals surface area (Å²) in [6, 6.07) is 15.9. The predicted octanol–water partition coefficient (Wildman–Crippen LogP) is 4.12. The summed E-state index contributed by atoms with van der Waals surface area (Å²) in [6.45, 7) is 2.08. The molecular formula is C26H20N4O5. The lowest BCUT2D eigenvalue weighted by atomic mass is 9.97. The number of ether oxygens (including phenoxy) is 2. The van der Waals surface area contributed by atoms with E-state index in [2.05, 4.69) is 15.1 Å². The number of carbonyl (C=O) groups is 1. The van der Waals surface area contributed by atoms with Gasteiger partial charge in [0.25, 0.3) is 0 Å². The number of aryl methyl sites for hydroxylation is 1. The molecule has 0 amide bonds. The SMILES string of the molecule is COC(=O)c1cccc(-c2onc(C)c2-c2ccc3[nH]c(=O)n4c3c2OCC4c2ccccn2)c1. The van der Waals surface area contributed by atoms with Crippen molar-refractivity contribution in [3.63, 3.8) is 0 Å². The fraction of sp³-hybridized carbons (Fsp3) is 0.154. The topological polar surface area (TPSA) is 112 Å². The Labute approximate surface area is 198 Å². The number of H-pyrrole nitrogens is 1. The van der Waals surface area contributed by atoms with Crippen molar-refractivity contribution >= 4 is 17.0 Å². The van der Waals surface area contributed by atoms with Crippen molar-refractivity contribution in [2.45, 2.75) is 13.0 Å². The second-order valence-electron chi connectivity index (χ2n) is 8.26. The van der Waals surface area contributed by atoms with E-state index in [4.69, 9.17) is 14.0 Å². The van der Waals surface area contributed by atoms with Crippen molar-refractivity contribution in [2.75, 3.05) is 13.7 Å². The van der Waals surface area contributed by atoms with Gasteiger partial charge in [0.2, 0.25) is 0 Å². The van der Waals surface area contributed by atoms with Gasteiger partial charge in [0.1, 0.15) is 18.2 Å². The fourth-order valence-electron chi connectivity index (χ4n) is 4.65. The van der Waals surface area contributed by atoms with E-state index in [-0.39, 0.29) is 18.3 Å². The van der Waals surface area contributed by atoms with E-state index < -0.39 is 5.97 Å². The Morgan fingerprint density at radius 1 is 1.17 bits per heavy atom. The van der Waals surface area contributed by atoms with Gasteiger partial charge in [-0.3, -0.25) is 9.55 Å². The normalized spacial score (nSPS) is 14.6. The van der Waals surface area contributed by atoms with Crippen LogP contribution in [0.5, 0.6) is 5.75 Å². The zero-order valence-corrected chi connectivity index (χ0v) is 18.9. The highest BCUT2D eigenvalue weighted by atomic mass is 16.5. The Bertz CT molecular complexity index is 1650. The van der Waals surface area contributed by atoms with Crippen LogP contribution in [0.3, 0.4) is 0 Å². The van der Waals surface area contributed by atoms with Crippen molar-refractivity contribution in [3.8, 4) is 28.2 Å². The number of nitrogens with one attached hydrogen (secondary N) is 1. The van der Waals surface area contributed by atoms with E-state index in [0.29, 0.717) is 39.4 Å². The average Bonchev–Trinajstić information content (AvgIpc) is 3.45. The van der Waals surface area contributed by atoms with Gasteiger partial charge in [-0.05, 0) is 43.3 Å². The van der Waals surface area contributed by atoms with Crippen LogP contribution >= 0.6 is 0 Å². The molecular weight excluding hydrogens is 448 g/mol. The summed E-state index contributed by atoms with van der Waals surface area (Å²) in [5.74, 6) is 0.606. The Balaban J connectivity index is 1.55. The van der Waals surface area contributed by atoms with Crippen LogP contribution in [-0.2, 0) is 4.74 Å². The minimum absolute atomic E-state index is 0.231. The van der Waals surface area contributed by atoms with Gasteiger partial charge < -0.3 is 19.0 Å². The molecule has 0 spiro atoms. The minimum atomic E-state index is -0.443. The standard InChI is InChI=1S/C26H20N4O5/c1-14-21(23(35-29-14)15-6-5-7-16(12-15)25(31)33-2)17-9-10-19-22-24(17)34-13-20(30(22)26(32)28-19)18-8-3-4-11-27-18/h3-12,20H,13H2,1-2H3,(H,28,32). The van der Waals surface area contributed by atoms with Gasteiger partial charge in [-0.25, -0.2) is 9.59 Å². The average molecular weight is 468 g/mol. The Morgan fingerprint density at radius 2 is 2.06 bits per heavy atom. The number of hydrogen-bond acceptors (Lipinski definition) is 7. The fourth-order valence-corrected chi connectivity index (χ4v) is 4.65. The molecule has 35 heavy (non-hydrogen) atoms. The molecule has 2 aromatic carbocycles. The minimum Gasteiger partial charge on any atom is -0.488 e. The lowest BCUT2D eigenvalue weighted by Gasteiger charge is -2.26. The molecule has 3 aromatic heterocycles. The quantitative estimate of drug-likeness (QED) is 0.395. The number of imidazole rings is 1. The molecule has 0 bridgehead atoms. The monoisotopic (exact) mass is 468 g/mol. The van der Waals surface area contributed by atoms with Crippen LogP contribution in [0.4, 0.5) is 0 Å². The van der Waals surface area contributed by atoms with Crippen LogP contribution in [0, 0.1) is 6.92 Å². The van der Waals surface area contributed by atoms with Crippen LogP contribution in [0.25, 0.3) is 33.5 Å². The number of nitrogens with zero attached hydrogens (tertiary/aromatic N) is 3. The van der Waals surface area contributed by atoms with E-state index in [1.807, 2.05) is 43.3 Å². The van der Waals surface area contributed by atoms with Gasteiger partial charge in [-0.15, -0.1) is 0 Å². The van der Waals surface area contributed by atoms with Crippen molar-refractivity contribution < 1.29 is 18.8 Å². The molecule has 6 rings (SSSR count). The maximum Gasteiger partial charge on any atom is 0.337 e. The largest absolute Gasteiger partial charge is 0.488 e. The zero-order valence-electron chi connectivity index (χ0n) is 18.9. The molecule has 0 saturated heterocycles. The molecule has 9 nitrogen and oxygen atoms in total. The van der Waals surface area contributed by atoms with Crippen LogP contribution in [-0.4, -0.2) is 39.4 Å². The van der Waals surface area contributed by atoms with Gasteiger partial charge in [0.05, 0.1) is 35.1 Å². The molecule has 1 aliphatic heterocycles. The third kappa shape index (κ3) is 3.23. The van der Waals surface area contributed by atoms with E-state index in [0.717, 1.165) is 16.8 Å². The van der Waals surface area contributed by atoms with E-state index in [9.17, 15) is 9.59 Å². The van der Waals surface area contributed by atoms with Gasteiger partial charge >= 0.3 is 11.7 Å². The summed E-state index contributed by atoms with van der Waals surface area (Å²) in [5, 5.41) is 4.19. The summed E-state index contributed by atoms with van der Waals surface area (Å²) in [7, 11) is 1.34. The third-order valence-electron chi connectivity index (χ3n) is 6.24. The van der Waals surface area contributed by atoms with Gasteiger partial charge in [0.15, 0.2) is 11.5 Å². The van der Waals surface area contributed by atoms with Crippen LogP contribution in [0.1, 0.15) is 27.8 Å². The summed E-state index contributed by atoms with van der Waals surface area (Å²) in [5.41, 5.74) is 5.02. The molecule has 1 unspecified atom stereocenters. The lowest BCUT2D eigenvalue weighted by Crippen LogP contribution is -2.31. The van der Waals surface area contributed by atoms with Crippen molar-refractivity contribution in [3.05, 3.63) is 88.2 Å². The number of benzene rings is 2. The summed E-state index contributed by atoms with van der Waals surface area (Å²) >= 11 is 0. The Morgan fingerprint density at radius 3 is 2.86 bits per heavy atom. The molecule has 1 aliphatic rings. The molecule has 4 heterocycles. The van der Waals surface area contributed by atoms with Gasteiger partial charge in [-0.2, -0.15) is 0 Å².